The van der Waals surface area contributed by atoms with Gasteiger partial charge in [-0.25, -0.2) is 0 Å². The molecule has 3 heteroatoms. The Morgan fingerprint density at radius 1 is 1.35 bits per heavy atom. The van der Waals surface area contributed by atoms with Crippen LogP contribution in [-0.4, -0.2) is 30.9 Å². The van der Waals surface area contributed by atoms with E-state index < -0.39 is 0 Å². The maximum Gasteiger partial charge on any atom is 0.105 e. The Bertz CT molecular complexity index is 339. The molecule has 0 bridgehead atoms. The molecule has 1 unspecified atom stereocenters. The van der Waals surface area contributed by atoms with E-state index in [1.54, 1.807) is 0 Å². The van der Waals surface area contributed by atoms with Crippen LogP contribution in [0.4, 0.5) is 0 Å². The second kappa shape index (κ2) is 9.62. The van der Waals surface area contributed by atoms with Crippen molar-refractivity contribution >= 4 is 5.84 Å². The Morgan fingerprint density at radius 3 is 2.55 bits per heavy atom. The Kier molecular flexibility index (Phi) is 8.08. The molecule has 1 aliphatic heterocycles. The number of likely N-dealkylation sites (tertiary alicyclic amines) is 1. The van der Waals surface area contributed by atoms with Gasteiger partial charge in [0.15, 0.2) is 0 Å². The van der Waals surface area contributed by atoms with Crippen LogP contribution in [0.25, 0.3) is 0 Å². The number of rotatable bonds is 4. The molecule has 0 amide bonds. The first-order chi connectivity index (χ1) is 9.72. The molecule has 2 aliphatic rings. The fourth-order valence-corrected chi connectivity index (χ4v) is 2.24. The van der Waals surface area contributed by atoms with Crippen molar-refractivity contribution in [3.05, 3.63) is 24.6 Å². The summed E-state index contributed by atoms with van der Waals surface area (Å²) in [4.78, 5) is 6.77. The molecule has 2 rings (SSSR count). The van der Waals surface area contributed by atoms with Gasteiger partial charge in [-0.1, -0.05) is 38.8 Å². The Labute approximate surface area is 124 Å². The molecule has 0 aromatic carbocycles. The van der Waals surface area contributed by atoms with Gasteiger partial charge in [0.2, 0.25) is 0 Å². The van der Waals surface area contributed by atoms with Crippen LogP contribution in [0.2, 0.25) is 0 Å². The number of amidine groups is 1. The van der Waals surface area contributed by atoms with E-state index in [0.717, 1.165) is 25.3 Å². The van der Waals surface area contributed by atoms with Crippen molar-refractivity contribution in [2.75, 3.05) is 20.1 Å². The van der Waals surface area contributed by atoms with Crippen LogP contribution < -0.4 is 5.32 Å². The summed E-state index contributed by atoms with van der Waals surface area (Å²) in [5, 5.41) is 3.28. The Balaban J connectivity index is 0.000000584. The summed E-state index contributed by atoms with van der Waals surface area (Å²) in [5.41, 5.74) is 1.25. The predicted octanol–water partition coefficient (Wildman–Crippen LogP) is 3.94. The highest BCUT2D eigenvalue weighted by Crippen LogP contribution is 2.21. The van der Waals surface area contributed by atoms with E-state index >= 15 is 0 Å². The quantitative estimate of drug-likeness (QED) is 0.622. The molecule has 0 spiro atoms. The van der Waals surface area contributed by atoms with Gasteiger partial charge in [-0.15, -0.1) is 0 Å². The lowest BCUT2D eigenvalue weighted by Crippen LogP contribution is -2.41. The van der Waals surface area contributed by atoms with E-state index in [-0.39, 0.29) is 0 Å². The van der Waals surface area contributed by atoms with E-state index in [2.05, 4.69) is 28.7 Å². The fourth-order valence-electron chi connectivity index (χ4n) is 2.24. The van der Waals surface area contributed by atoms with Crippen molar-refractivity contribution in [1.82, 2.24) is 10.2 Å². The molecule has 1 N–H and O–H groups in total. The molecular weight excluding hydrogens is 246 g/mol. The van der Waals surface area contributed by atoms with E-state index in [4.69, 9.17) is 0 Å². The van der Waals surface area contributed by atoms with Gasteiger partial charge in [0.05, 0.1) is 0 Å². The summed E-state index contributed by atoms with van der Waals surface area (Å²) in [5.74, 6) is 1.60. The highest BCUT2D eigenvalue weighted by Gasteiger charge is 2.23. The molecule has 0 aromatic heterocycles. The van der Waals surface area contributed by atoms with Gasteiger partial charge in [-0.3, -0.25) is 4.99 Å². The highest BCUT2D eigenvalue weighted by atomic mass is 15.2. The zero-order valence-electron chi connectivity index (χ0n) is 13.5. The fraction of sp³-hybridized carbons (Fsp3) is 0.706. The topological polar surface area (TPSA) is 27.6 Å². The third-order valence-corrected chi connectivity index (χ3v) is 3.66. The monoisotopic (exact) mass is 277 g/mol. The van der Waals surface area contributed by atoms with Gasteiger partial charge in [-0.2, -0.15) is 0 Å². The molecule has 1 atom stereocenters. The number of nitrogens with one attached hydrogen (secondary N) is 1. The lowest BCUT2D eigenvalue weighted by molar-refractivity contribution is 0.248. The number of hydrogen-bond acceptors (Lipinski definition) is 2. The predicted molar refractivity (Wildman–Crippen MR) is 88.9 cm³/mol. The van der Waals surface area contributed by atoms with Crippen LogP contribution in [0, 0.1) is 5.92 Å². The summed E-state index contributed by atoms with van der Waals surface area (Å²) in [7, 11) is 1.86. The first-order valence-corrected chi connectivity index (χ1v) is 8.00. The number of allylic oxidation sites excluding steroid dienone is 2. The average molecular weight is 277 g/mol. The van der Waals surface area contributed by atoms with Gasteiger partial charge < -0.3 is 10.2 Å². The smallest absolute Gasteiger partial charge is 0.105 e. The maximum atomic E-state index is 4.37. The maximum absolute atomic E-state index is 4.37. The minimum atomic E-state index is 0.508. The first-order valence-electron chi connectivity index (χ1n) is 8.00. The molecule has 3 nitrogen and oxygen atoms in total. The normalized spacial score (nSPS) is 22.2. The van der Waals surface area contributed by atoms with Crippen molar-refractivity contribution in [2.45, 2.75) is 52.4 Å². The second-order valence-corrected chi connectivity index (χ2v) is 5.52. The Hall–Kier alpha value is -1.25. The minimum Gasteiger partial charge on any atom is -0.375 e. The molecule has 114 valence electrons. The number of hydrogen-bond donors (Lipinski definition) is 1. The van der Waals surface area contributed by atoms with Gasteiger partial charge in [-0.05, 0) is 32.4 Å². The molecular formula is C17H31N3. The van der Waals surface area contributed by atoms with Crippen molar-refractivity contribution in [1.29, 1.82) is 0 Å². The van der Waals surface area contributed by atoms with Gasteiger partial charge in [0.1, 0.15) is 5.84 Å². The van der Waals surface area contributed by atoms with Gasteiger partial charge >= 0.3 is 0 Å². The zero-order chi connectivity index (χ0) is 14.8. The number of nitrogens with zero attached hydrogens (tertiary/aromatic N) is 2. The first kappa shape index (κ1) is 16.8. The lowest BCUT2D eigenvalue weighted by Gasteiger charge is -2.35. The molecule has 1 saturated carbocycles. The molecule has 1 aliphatic carbocycles. The molecule has 0 radical (unpaired) electrons. The van der Waals surface area contributed by atoms with Crippen molar-refractivity contribution in [3.63, 3.8) is 0 Å². The summed E-state index contributed by atoms with van der Waals surface area (Å²) >= 11 is 0. The summed E-state index contributed by atoms with van der Waals surface area (Å²) in [6.45, 7) is 10.5. The summed E-state index contributed by atoms with van der Waals surface area (Å²) < 4.78 is 0. The third-order valence-electron chi connectivity index (χ3n) is 3.66. The lowest BCUT2D eigenvalue weighted by atomic mass is 9.96. The van der Waals surface area contributed by atoms with Crippen LogP contribution in [0.3, 0.4) is 0 Å². The minimum absolute atomic E-state index is 0.508. The molecule has 2 fully saturated rings. The summed E-state index contributed by atoms with van der Waals surface area (Å²) in [6, 6.07) is 0. The second-order valence-electron chi connectivity index (χ2n) is 5.52. The van der Waals surface area contributed by atoms with Crippen molar-refractivity contribution in [2.24, 2.45) is 10.9 Å². The Morgan fingerprint density at radius 2 is 2.05 bits per heavy atom. The molecule has 1 heterocycles. The van der Waals surface area contributed by atoms with Gasteiger partial charge in [0.25, 0.3) is 0 Å². The van der Waals surface area contributed by atoms with E-state index in [0.29, 0.717) is 5.92 Å². The van der Waals surface area contributed by atoms with E-state index in [1.165, 1.54) is 37.8 Å². The average Bonchev–Trinajstić information content (AvgIpc) is 3.36. The largest absolute Gasteiger partial charge is 0.375 e. The van der Waals surface area contributed by atoms with Crippen molar-refractivity contribution in [3.8, 4) is 0 Å². The standard InChI is InChI=1S/C14H25N3.C3H6/c1-5-9-16-14(15-4)13-8-7-10-17(11-13)12(3)6-2;1-2-3-1/h5,9,13H,3,6-8,10-11H2,1-2,4H3,(H,15,16);1-3H2/b9-5-;. The van der Waals surface area contributed by atoms with Crippen LogP contribution in [0.5, 0.6) is 0 Å². The van der Waals surface area contributed by atoms with Crippen LogP contribution in [0.15, 0.2) is 29.5 Å². The van der Waals surface area contributed by atoms with Crippen LogP contribution >= 0.6 is 0 Å². The molecule has 0 aromatic rings. The number of aliphatic imine (C=N–C) groups is 1. The number of piperidine rings is 1. The van der Waals surface area contributed by atoms with Crippen molar-refractivity contribution < 1.29 is 0 Å². The zero-order valence-corrected chi connectivity index (χ0v) is 13.5. The summed E-state index contributed by atoms with van der Waals surface area (Å²) in [6.07, 6.45) is 11.9. The third kappa shape index (κ3) is 6.27. The SMILES string of the molecule is C1CC1.C=C(CC)N1CCCC(C(=NC)N/C=C\C)C1. The molecule has 1 saturated heterocycles. The van der Waals surface area contributed by atoms with Crippen LogP contribution in [0.1, 0.15) is 52.4 Å². The molecule has 20 heavy (non-hydrogen) atoms. The highest BCUT2D eigenvalue weighted by molar-refractivity contribution is 5.85. The van der Waals surface area contributed by atoms with Gasteiger partial charge in [0, 0.05) is 31.8 Å². The van der Waals surface area contributed by atoms with Crippen LogP contribution in [-0.2, 0) is 0 Å². The van der Waals surface area contributed by atoms with E-state index in [1.807, 2.05) is 26.2 Å². The van der Waals surface area contributed by atoms with E-state index in [9.17, 15) is 0 Å².